The number of carbonyl (C=O) groups excluding carboxylic acids is 1. The second kappa shape index (κ2) is 1.73. The van der Waals surface area contributed by atoms with Crippen LogP contribution in [-0.4, -0.2) is 5.78 Å². The first-order valence-corrected chi connectivity index (χ1v) is 2.26. The van der Waals surface area contributed by atoms with E-state index >= 15 is 0 Å². The lowest BCUT2D eigenvalue weighted by Crippen LogP contribution is -1.87. The Bertz CT molecular complexity index is 117. The molecule has 36 valence electrons. The number of carbonyl (C=O) groups is 1. The second-order valence-corrected chi connectivity index (χ2v) is 1.44. The van der Waals surface area contributed by atoms with Crippen molar-refractivity contribution in [2.24, 2.45) is 0 Å². The van der Waals surface area contributed by atoms with Gasteiger partial charge in [-0.15, -0.1) is 0 Å². The van der Waals surface area contributed by atoms with Gasteiger partial charge in [0.1, 0.15) is 0 Å². The lowest BCUT2D eigenvalue weighted by molar-refractivity contribution is -0.110. The first-order chi connectivity index (χ1) is 3.39. The first kappa shape index (κ1) is 4.31. The zero-order valence-electron chi connectivity index (χ0n) is 3.92. The van der Waals surface area contributed by atoms with Gasteiger partial charge in [0.25, 0.3) is 0 Å². The van der Waals surface area contributed by atoms with Gasteiger partial charge in [-0.1, -0.05) is 12.2 Å². The van der Waals surface area contributed by atoms with Crippen molar-refractivity contribution < 1.29 is 4.79 Å². The minimum atomic E-state index is 0.103. The highest BCUT2D eigenvalue weighted by Gasteiger charge is 1.89. The van der Waals surface area contributed by atoms with Gasteiger partial charge < -0.3 is 0 Å². The van der Waals surface area contributed by atoms with Crippen molar-refractivity contribution in [1.82, 2.24) is 0 Å². The van der Waals surface area contributed by atoms with Gasteiger partial charge in [0.2, 0.25) is 0 Å². The van der Waals surface area contributed by atoms with Crippen LogP contribution in [0.4, 0.5) is 0 Å². The van der Waals surface area contributed by atoms with Gasteiger partial charge in [-0.3, -0.25) is 4.79 Å². The monoisotopic (exact) mass is 94.0 g/mol. The van der Waals surface area contributed by atoms with Gasteiger partial charge in [0.15, 0.2) is 5.78 Å². The Kier molecular flexibility index (Phi) is 1.07. The summed E-state index contributed by atoms with van der Waals surface area (Å²) >= 11 is 0. The van der Waals surface area contributed by atoms with Crippen LogP contribution < -0.4 is 0 Å². The molecule has 1 aliphatic rings. The van der Waals surface area contributed by atoms with Crippen molar-refractivity contribution >= 4 is 5.78 Å². The fourth-order valence-corrected chi connectivity index (χ4v) is 0.503. The molecule has 0 atom stereocenters. The van der Waals surface area contributed by atoms with Crippen molar-refractivity contribution in [3.63, 3.8) is 0 Å². The SMILES string of the molecule is O=C1C=CCC=C1. The van der Waals surface area contributed by atoms with Crippen molar-refractivity contribution in [2.75, 3.05) is 0 Å². The molecule has 0 spiro atoms. The van der Waals surface area contributed by atoms with Crippen LogP contribution in [0.3, 0.4) is 0 Å². The van der Waals surface area contributed by atoms with E-state index in [1.807, 2.05) is 12.2 Å². The molecule has 1 heteroatoms. The normalized spacial score (nSPS) is 18.0. The van der Waals surface area contributed by atoms with E-state index in [1.54, 1.807) is 12.2 Å². The predicted molar refractivity (Wildman–Crippen MR) is 27.9 cm³/mol. The highest BCUT2D eigenvalue weighted by molar-refractivity contribution is 5.99. The number of hydrogen-bond donors (Lipinski definition) is 0. The fourth-order valence-electron chi connectivity index (χ4n) is 0.503. The molecule has 1 nitrogen and oxygen atoms in total. The third-order valence-corrected chi connectivity index (χ3v) is 0.836. The standard InChI is InChI=1S/C6H6O/c7-6-4-2-1-3-5-6/h2-5H,1H2. The molecule has 1 aliphatic carbocycles. The van der Waals surface area contributed by atoms with Crippen LogP contribution in [0.5, 0.6) is 0 Å². The van der Waals surface area contributed by atoms with Crippen LogP contribution >= 0.6 is 0 Å². The summed E-state index contributed by atoms with van der Waals surface area (Å²) in [7, 11) is 0. The molecule has 0 heterocycles. The summed E-state index contributed by atoms with van der Waals surface area (Å²) in [6.07, 6.45) is 7.77. The van der Waals surface area contributed by atoms with E-state index in [0.717, 1.165) is 6.42 Å². The van der Waals surface area contributed by atoms with E-state index in [1.165, 1.54) is 0 Å². The van der Waals surface area contributed by atoms with Crippen molar-refractivity contribution in [1.29, 1.82) is 0 Å². The molecule has 7 heavy (non-hydrogen) atoms. The van der Waals surface area contributed by atoms with Crippen LogP contribution in [0.25, 0.3) is 0 Å². The molecule has 0 aromatic rings. The van der Waals surface area contributed by atoms with Gasteiger partial charge >= 0.3 is 0 Å². The summed E-state index contributed by atoms with van der Waals surface area (Å²) < 4.78 is 0. The number of ketones is 1. The molecule has 0 N–H and O–H groups in total. The molecule has 0 amide bonds. The first-order valence-electron chi connectivity index (χ1n) is 2.26. The summed E-state index contributed by atoms with van der Waals surface area (Å²) in [4.78, 5) is 10.3. The minimum Gasteiger partial charge on any atom is -0.290 e. The van der Waals surface area contributed by atoms with Crippen LogP contribution in [0.1, 0.15) is 6.42 Å². The summed E-state index contributed by atoms with van der Waals surface area (Å²) in [5, 5.41) is 0. The topological polar surface area (TPSA) is 17.1 Å². The Morgan fingerprint density at radius 1 is 1.29 bits per heavy atom. The Hall–Kier alpha value is -0.850. The molecule has 0 saturated heterocycles. The van der Waals surface area contributed by atoms with E-state index < -0.39 is 0 Å². The third kappa shape index (κ3) is 1.000. The molecule has 0 bridgehead atoms. The second-order valence-electron chi connectivity index (χ2n) is 1.44. The molecule has 0 radical (unpaired) electrons. The Morgan fingerprint density at radius 2 is 1.86 bits per heavy atom. The quantitative estimate of drug-likeness (QED) is 0.439. The van der Waals surface area contributed by atoms with Gasteiger partial charge in [-0.25, -0.2) is 0 Å². The average Bonchev–Trinajstić information content (AvgIpc) is 1.69. The number of hydrogen-bond acceptors (Lipinski definition) is 1. The van der Waals surface area contributed by atoms with Gasteiger partial charge in [0, 0.05) is 0 Å². The zero-order chi connectivity index (χ0) is 5.11. The van der Waals surface area contributed by atoms with Crippen LogP contribution in [0.2, 0.25) is 0 Å². The lowest BCUT2D eigenvalue weighted by atomic mass is 10.2. The molecule has 1 rings (SSSR count). The molecular formula is C6H6O. The van der Waals surface area contributed by atoms with Crippen LogP contribution in [-0.2, 0) is 4.79 Å². The zero-order valence-corrected chi connectivity index (χ0v) is 3.92. The molecule has 0 saturated carbocycles. The maximum Gasteiger partial charge on any atom is 0.178 e. The average molecular weight is 94.1 g/mol. The maximum atomic E-state index is 10.3. The number of allylic oxidation sites excluding steroid dienone is 4. The van der Waals surface area contributed by atoms with E-state index in [4.69, 9.17) is 0 Å². The van der Waals surface area contributed by atoms with E-state index in [-0.39, 0.29) is 5.78 Å². The van der Waals surface area contributed by atoms with Gasteiger partial charge in [-0.05, 0) is 18.6 Å². The van der Waals surface area contributed by atoms with Crippen molar-refractivity contribution in [3.8, 4) is 0 Å². The van der Waals surface area contributed by atoms with Gasteiger partial charge in [-0.2, -0.15) is 0 Å². The molecule has 0 unspecified atom stereocenters. The van der Waals surface area contributed by atoms with Crippen LogP contribution in [0, 0.1) is 0 Å². The van der Waals surface area contributed by atoms with E-state index in [2.05, 4.69) is 0 Å². The smallest absolute Gasteiger partial charge is 0.178 e. The highest BCUT2D eigenvalue weighted by atomic mass is 16.1. The number of rotatable bonds is 0. The highest BCUT2D eigenvalue weighted by Crippen LogP contribution is 1.93. The Morgan fingerprint density at radius 3 is 2.14 bits per heavy atom. The lowest BCUT2D eigenvalue weighted by Gasteiger charge is -1.87. The summed E-state index contributed by atoms with van der Waals surface area (Å²) in [5.41, 5.74) is 0. The largest absolute Gasteiger partial charge is 0.290 e. The fraction of sp³-hybridized carbons (Fsp3) is 0.167. The molecule has 0 aliphatic heterocycles. The third-order valence-electron chi connectivity index (χ3n) is 0.836. The Labute approximate surface area is 42.3 Å². The molecular weight excluding hydrogens is 88.1 g/mol. The van der Waals surface area contributed by atoms with Crippen molar-refractivity contribution in [3.05, 3.63) is 24.3 Å². The minimum absolute atomic E-state index is 0.103. The summed E-state index contributed by atoms with van der Waals surface area (Å²) in [5.74, 6) is 0.103. The van der Waals surface area contributed by atoms with Crippen LogP contribution in [0.15, 0.2) is 24.3 Å². The molecule has 0 aromatic carbocycles. The molecule has 0 fully saturated rings. The molecule has 0 aromatic heterocycles. The Balaban J connectivity index is 2.66. The van der Waals surface area contributed by atoms with E-state index in [0.29, 0.717) is 0 Å². The maximum absolute atomic E-state index is 10.3. The summed E-state index contributed by atoms with van der Waals surface area (Å²) in [6.45, 7) is 0. The van der Waals surface area contributed by atoms with Crippen molar-refractivity contribution in [2.45, 2.75) is 6.42 Å². The summed E-state index contributed by atoms with van der Waals surface area (Å²) in [6, 6.07) is 0. The van der Waals surface area contributed by atoms with E-state index in [9.17, 15) is 4.79 Å². The predicted octanol–water partition coefficient (Wildman–Crippen LogP) is 1.07. The van der Waals surface area contributed by atoms with Gasteiger partial charge in [0.05, 0.1) is 0 Å².